The predicted octanol–water partition coefficient (Wildman–Crippen LogP) is 2.30. The Bertz CT molecular complexity index is 878. The molecule has 0 bridgehead atoms. The van der Waals surface area contributed by atoms with Gasteiger partial charge >= 0.3 is 0 Å². The van der Waals surface area contributed by atoms with Crippen LogP contribution < -0.4 is 21.1 Å². The first-order valence-electron chi connectivity index (χ1n) is 10.0. The summed E-state index contributed by atoms with van der Waals surface area (Å²) in [6.45, 7) is 6.57. The second kappa shape index (κ2) is 11.0. The van der Waals surface area contributed by atoms with Crippen molar-refractivity contribution in [1.82, 2.24) is 10.6 Å². The molecule has 7 heteroatoms. The fourth-order valence-corrected chi connectivity index (χ4v) is 2.95. The first kappa shape index (κ1) is 22.9. The summed E-state index contributed by atoms with van der Waals surface area (Å²) in [5, 5.41) is 5.66. The highest BCUT2D eigenvalue weighted by molar-refractivity contribution is 5.97. The standard InChI is InChI=1S/C23H29N3O4/c1-4-30-19-10-8-17(9-11-19)22(28)26-20(15(2)3)23(29)25-13-12-16-6-5-7-18(14-16)21(24)27/h5-11,14-15,20H,4,12-13H2,1-3H3,(H2,24,27)(H,25,29)(H,26,28). The van der Waals surface area contributed by atoms with Crippen molar-refractivity contribution in [1.29, 1.82) is 0 Å². The normalized spacial score (nSPS) is 11.6. The van der Waals surface area contributed by atoms with Crippen LogP contribution in [0, 0.1) is 5.92 Å². The van der Waals surface area contributed by atoms with E-state index in [2.05, 4.69) is 10.6 Å². The van der Waals surface area contributed by atoms with Crippen molar-refractivity contribution < 1.29 is 19.1 Å². The van der Waals surface area contributed by atoms with E-state index in [1.165, 1.54) is 0 Å². The lowest BCUT2D eigenvalue weighted by molar-refractivity contribution is -0.123. The SMILES string of the molecule is CCOc1ccc(C(=O)NC(C(=O)NCCc2cccc(C(N)=O)c2)C(C)C)cc1. The topological polar surface area (TPSA) is 111 Å². The lowest BCUT2D eigenvalue weighted by atomic mass is 10.0. The van der Waals surface area contributed by atoms with Crippen LogP contribution in [-0.2, 0) is 11.2 Å². The number of hydrogen-bond donors (Lipinski definition) is 3. The number of rotatable bonds is 10. The van der Waals surface area contributed by atoms with E-state index in [0.717, 1.165) is 5.56 Å². The van der Waals surface area contributed by atoms with Crippen molar-refractivity contribution in [2.24, 2.45) is 11.7 Å². The van der Waals surface area contributed by atoms with Gasteiger partial charge in [-0.1, -0.05) is 26.0 Å². The van der Waals surface area contributed by atoms with E-state index >= 15 is 0 Å². The highest BCUT2D eigenvalue weighted by atomic mass is 16.5. The van der Waals surface area contributed by atoms with Crippen LogP contribution in [0.3, 0.4) is 0 Å². The zero-order valence-electron chi connectivity index (χ0n) is 17.6. The lowest BCUT2D eigenvalue weighted by Crippen LogP contribution is -2.50. The first-order chi connectivity index (χ1) is 14.3. The first-order valence-corrected chi connectivity index (χ1v) is 10.0. The van der Waals surface area contributed by atoms with Crippen molar-refractivity contribution >= 4 is 17.7 Å². The zero-order valence-corrected chi connectivity index (χ0v) is 17.6. The van der Waals surface area contributed by atoms with E-state index in [1.807, 2.05) is 26.8 Å². The minimum absolute atomic E-state index is 0.0881. The number of nitrogens with one attached hydrogen (secondary N) is 2. The number of ether oxygens (including phenoxy) is 1. The number of primary amides is 1. The fourth-order valence-electron chi connectivity index (χ4n) is 2.95. The van der Waals surface area contributed by atoms with Gasteiger partial charge in [0.1, 0.15) is 11.8 Å². The molecule has 160 valence electrons. The molecule has 2 rings (SSSR count). The van der Waals surface area contributed by atoms with Gasteiger partial charge in [0.2, 0.25) is 11.8 Å². The molecule has 0 aliphatic rings. The summed E-state index contributed by atoms with van der Waals surface area (Å²) in [5.74, 6) is -0.461. The van der Waals surface area contributed by atoms with Crippen LogP contribution in [-0.4, -0.2) is 36.9 Å². The third-order valence-corrected chi connectivity index (χ3v) is 4.59. The molecular formula is C23H29N3O4. The molecule has 0 aromatic heterocycles. The van der Waals surface area contributed by atoms with E-state index < -0.39 is 11.9 Å². The monoisotopic (exact) mass is 411 g/mol. The zero-order chi connectivity index (χ0) is 22.1. The van der Waals surface area contributed by atoms with Crippen molar-refractivity contribution in [2.75, 3.05) is 13.2 Å². The number of carbonyl (C=O) groups is 3. The Balaban J connectivity index is 1.93. The Labute approximate surface area is 177 Å². The van der Waals surface area contributed by atoms with Crippen LogP contribution in [0.25, 0.3) is 0 Å². The van der Waals surface area contributed by atoms with Gasteiger partial charge < -0.3 is 21.1 Å². The lowest BCUT2D eigenvalue weighted by Gasteiger charge is -2.22. The van der Waals surface area contributed by atoms with Gasteiger partial charge in [-0.25, -0.2) is 0 Å². The quantitative estimate of drug-likeness (QED) is 0.557. The average Bonchev–Trinajstić information content (AvgIpc) is 2.72. The highest BCUT2D eigenvalue weighted by Gasteiger charge is 2.24. The molecule has 0 heterocycles. The highest BCUT2D eigenvalue weighted by Crippen LogP contribution is 2.13. The molecule has 7 nitrogen and oxygen atoms in total. The van der Waals surface area contributed by atoms with Crippen molar-refractivity contribution in [3.05, 3.63) is 65.2 Å². The predicted molar refractivity (Wildman–Crippen MR) is 115 cm³/mol. The number of hydrogen-bond acceptors (Lipinski definition) is 4. The van der Waals surface area contributed by atoms with E-state index in [4.69, 9.17) is 10.5 Å². The van der Waals surface area contributed by atoms with Gasteiger partial charge in [0, 0.05) is 17.7 Å². The van der Waals surface area contributed by atoms with E-state index in [-0.39, 0.29) is 17.7 Å². The number of benzene rings is 2. The Morgan fingerprint density at radius 3 is 2.33 bits per heavy atom. The van der Waals surface area contributed by atoms with Crippen LogP contribution in [0.5, 0.6) is 5.75 Å². The number of amides is 3. The largest absolute Gasteiger partial charge is 0.494 e. The van der Waals surface area contributed by atoms with Gasteiger partial charge in [-0.05, 0) is 61.2 Å². The average molecular weight is 412 g/mol. The molecule has 0 radical (unpaired) electrons. The molecular weight excluding hydrogens is 382 g/mol. The van der Waals surface area contributed by atoms with E-state index in [9.17, 15) is 14.4 Å². The summed E-state index contributed by atoms with van der Waals surface area (Å²) < 4.78 is 5.38. The molecule has 0 aliphatic carbocycles. The van der Waals surface area contributed by atoms with Gasteiger partial charge in [-0.2, -0.15) is 0 Å². The summed E-state index contributed by atoms with van der Waals surface area (Å²) >= 11 is 0. The van der Waals surface area contributed by atoms with Gasteiger partial charge in [-0.3, -0.25) is 14.4 Å². The molecule has 0 spiro atoms. The summed E-state index contributed by atoms with van der Waals surface area (Å²) in [6, 6.07) is 13.1. The molecule has 2 aromatic carbocycles. The molecule has 0 fully saturated rings. The Morgan fingerprint density at radius 1 is 1.03 bits per heavy atom. The minimum atomic E-state index is -0.666. The van der Waals surface area contributed by atoms with Gasteiger partial charge in [0.15, 0.2) is 0 Å². The molecule has 2 aromatic rings. The van der Waals surface area contributed by atoms with Crippen LogP contribution in [0.1, 0.15) is 47.1 Å². The Hall–Kier alpha value is -3.35. The van der Waals surface area contributed by atoms with E-state index in [0.29, 0.717) is 36.4 Å². The summed E-state index contributed by atoms with van der Waals surface area (Å²) in [6.07, 6.45) is 0.546. The van der Waals surface area contributed by atoms with Crippen LogP contribution in [0.15, 0.2) is 48.5 Å². The molecule has 30 heavy (non-hydrogen) atoms. The fraction of sp³-hybridized carbons (Fsp3) is 0.348. The summed E-state index contributed by atoms with van der Waals surface area (Å²) in [4.78, 5) is 36.5. The summed E-state index contributed by atoms with van der Waals surface area (Å²) in [7, 11) is 0. The molecule has 0 aliphatic heterocycles. The molecule has 1 atom stereocenters. The van der Waals surface area contributed by atoms with Gasteiger partial charge in [-0.15, -0.1) is 0 Å². The minimum Gasteiger partial charge on any atom is -0.494 e. The molecule has 3 amide bonds. The third-order valence-electron chi connectivity index (χ3n) is 4.59. The maximum absolute atomic E-state index is 12.6. The second-order valence-corrected chi connectivity index (χ2v) is 7.26. The molecule has 4 N–H and O–H groups in total. The molecule has 0 saturated carbocycles. The number of carbonyl (C=O) groups excluding carboxylic acids is 3. The molecule has 1 unspecified atom stereocenters. The smallest absolute Gasteiger partial charge is 0.251 e. The second-order valence-electron chi connectivity index (χ2n) is 7.26. The maximum Gasteiger partial charge on any atom is 0.251 e. The number of nitrogens with two attached hydrogens (primary N) is 1. The van der Waals surface area contributed by atoms with Crippen LogP contribution in [0.2, 0.25) is 0 Å². The van der Waals surface area contributed by atoms with Crippen molar-refractivity contribution in [3.8, 4) is 5.75 Å². The Morgan fingerprint density at radius 2 is 1.73 bits per heavy atom. The van der Waals surface area contributed by atoms with E-state index in [1.54, 1.807) is 42.5 Å². The van der Waals surface area contributed by atoms with Gasteiger partial charge in [0.25, 0.3) is 5.91 Å². The third kappa shape index (κ3) is 6.62. The maximum atomic E-state index is 12.6. The van der Waals surface area contributed by atoms with Gasteiger partial charge in [0.05, 0.1) is 6.61 Å². The van der Waals surface area contributed by atoms with Crippen LogP contribution in [0.4, 0.5) is 0 Å². The van der Waals surface area contributed by atoms with Crippen molar-refractivity contribution in [2.45, 2.75) is 33.2 Å². The van der Waals surface area contributed by atoms with Crippen molar-refractivity contribution in [3.63, 3.8) is 0 Å². The Kier molecular flexibility index (Phi) is 8.41. The summed E-state index contributed by atoms with van der Waals surface area (Å²) in [5.41, 5.74) is 7.08. The van der Waals surface area contributed by atoms with Crippen LogP contribution >= 0.6 is 0 Å². The molecule has 0 saturated heterocycles.